The zero-order valence-electron chi connectivity index (χ0n) is 22.4. The van der Waals surface area contributed by atoms with Crippen LogP contribution in [0.1, 0.15) is 49.7 Å². The molecule has 7 nitrogen and oxygen atoms in total. The van der Waals surface area contributed by atoms with Gasteiger partial charge in [0.05, 0.1) is 6.21 Å². The lowest BCUT2D eigenvalue weighted by Gasteiger charge is -2.31. The molecule has 0 bridgehead atoms. The largest absolute Gasteiger partial charge is 0.489 e. The number of nitrogens with zero attached hydrogens (tertiary/aromatic N) is 5. The average Bonchev–Trinajstić information content (AvgIpc) is 3.01. The van der Waals surface area contributed by atoms with Gasteiger partial charge in [-0.05, 0) is 72.6 Å². The molecule has 1 aromatic heterocycles. The molecule has 0 saturated carbocycles. The minimum Gasteiger partial charge on any atom is -0.489 e. The number of ether oxygens (including phenoxy) is 1. The van der Waals surface area contributed by atoms with Crippen LogP contribution >= 0.6 is 0 Å². The van der Waals surface area contributed by atoms with Crippen molar-refractivity contribution in [1.82, 2.24) is 9.97 Å². The van der Waals surface area contributed by atoms with Crippen molar-refractivity contribution in [3.05, 3.63) is 83.9 Å². The molecule has 0 amide bonds. The fraction of sp³-hybridized carbons (Fsp3) is 0.344. The number of nitrogens with one attached hydrogen (secondary N) is 1. The number of aromatic nitrogens is 2. The van der Waals surface area contributed by atoms with Crippen LogP contribution in [0.3, 0.4) is 0 Å². The maximum absolute atomic E-state index is 6.16. The van der Waals surface area contributed by atoms with Crippen LogP contribution in [0.2, 0.25) is 0 Å². The summed E-state index contributed by atoms with van der Waals surface area (Å²) in [5.74, 6) is 3.34. The highest BCUT2D eigenvalue weighted by Gasteiger charge is 2.19. The summed E-state index contributed by atoms with van der Waals surface area (Å²) in [7, 11) is 0. The maximum atomic E-state index is 6.16. The fourth-order valence-corrected chi connectivity index (χ4v) is 5.44. The molecule has 2 aliphatic heterocycles. The van der Waals surface area contributed by atoms with Gasteiger partial charge in [0.2, 0.25) is 5.95 Å². The lowest BCUT2D eigenvalue weighted by Crippen LogP contribution is -2.33. The van der Waals surface area contributed by atoms with E-state index in [1.54, 1.807) is 0 Å². The van der Waals surface area contributed by atoms with E-state index in [2.05, 4.69) is 62.8 Å². The summed E-state index contributed by atoms with van der Waals surface area (Å²) in [6.45, 7) is 4.63. The summed E-state index contributed by atoms with van der Waals surface area (Å²) >= 11 is 0. The second kappa shape index (κ2) is 12.2. The predicted molar refractivity (Wildman–Crippen MR) is 160 cm³/mol. The highest BCUT2D eigenvalue weighted by Crippen LogP contribution is 2.25. The van der Waals surface area contributed by atoms with Crippen molar-refractivity contribution in [3.63, 3.8) is 0 Å². The summed E-state index contributed by atoms with van der Waals surface area (Å²) in [5, 5.41) is 6.97. The first-order valence-corrected chi connectivity index (χ1v) is 14.2. The van der Waals surface area contributed by atoms with Crippen LogP contribution in [0.5, 0.6) is 5.75 Å². The molecule has 0 radical (unpaired) electrons. The number of hydrazone groups is 1. The molecule has 0 atom stereocenters. The van der Waals surface area contributed by atoms with E-state index in [1.807, 2.05) is 36.5 Å². The molecule has 6 rings (SSSR count). The van der Waals surface area contributed by atoms with Gasteiger partial charge >= 0.3 is 0 Å². The minimum atomic E-state index is 0.514. The molecule has 7 heteroatoms. The quantitative estimate of drug-likeness (QED) is 0.208. The van der Waals surface area contributed by atoms with Gasteiger partial charge < -0.3 is 14.5 Å². The Labute approximate surface area is 230 Å². The molecule has 3 heterocycles. The van der Waals surface area contributed by atoms with Gasteiger partial charge in [-0.25, -0.2) is 0 Å². The van der Waals surface area contributed by atoms with Crippen molar-refractivity contribution in [2.75, 3.05) is 41.4 Å². The third-order valence-electron chi connectivity index (χ3n) is 7.54. The maximum Gasteiger partial charge on any atom is 0.229 e. The molecule has 3 aromatic carbocycles. The van der Waals surface area contributed by atoms with Crippen molar-refractivity contribution < 1.29 is 4.74 Å². The van der Waals surface area contributed by atoms with Crippen LogP contribution in [0.25, 0.3) is 10.8 Å². The van der Waals surface area contributed by atoms with Crippen LogP contribution in [-0.4, -0.2) is 42.4 Å². The number of rotatable bonds is 8. The number of anilines is 3. The molecular formula is C32H36N6O. The van der Waals surface area contributed by atoms with E-state index in [1.165, 1.54) is 54.9 Å². The van der Waals surface area contributed by atoms with Crippen LogP contribution < -0.4 is 20.0 Å². The molecule has 2 saturated heterocycles. The molecule has 200 valence electrons. The lowest BCUT2D eigenvalue weighted by atomic mass is 10.1. The second-order valence-corrected chi connectivity index (χ2v) is 10.4. The zero-order chi connectivity index (χ0) is 26.3. The Morgan fingerprint density at radius 2 is 1.51 bits per heavy atom. The summed E-state index contributed by atoms with van der Waals surface area (Å²) in [6, 6.07) is 24.8. The highest BCUT2D eigenvalue weighted by molar-refractivity contribution is 5.85. The van der Waals surface area contributed by atoms with Crippen molar-refractivity contribution in [3.8, 4) is 5.75 Å². The molecule has 39 heavy (non-hydrogen) atoms. The minimum absolute atomic E-state index is 0.514. The highest BCUT2D eigenvalue weighted by atomic mass is 16.5. The number of piperidine rings is 2. The van der Waals surface area contributed by atoms with Crippen molar-refractivity contribution in [2.24, 2.45) is 5.10 Å². The Balaban J connectivity index is 1.15. The monoisotopic (exact) mass is 520 g/mol. The third kappa shape index (κ3) is 6.30. The molecule has 2 aliphatic rings. The number of benzene rings is 3. The molecule has 0 spiro atoms. The summed E-state index contributed by atoms with van der Waals surface area (Å²) in [5.41, 5.74) is 5.30. The first kappa shape index (κ1) is 25.2. The smallest absolute Gasteiger partial charge is 0.229 e. The van der Waals surface area contributed by atoms with Crippen LogP contribution in [-0.2, 0) is 6.61 Å². The van der Waals surface area contributed by atoms with E-state index in [0.717, 1.165) is 55.1 Å². The first-order chi connectivity index (χ1) is 19.3. The molecular weight excluding hydrogens is 484 g/mol. The summed E-state index contributed by atoms with van der Waals surface area (Å²) < 4.78 is 6.16. The molecule has 4 aromatic rings. The van der Waals surface area contributed by atoms with Crippen LogP contribution in [0.15, 0.2) is 77.9 Å². The lowest BCUT2D eigenvalue weighted by molar-refractivity contribution is 0.307. The number of fused-ring (bicyclic) bond motifs is 1. The summed E-state index contributed by atoms with van der Waals surface area (Å²) in [4.78, 5) is 14.5. The van der Waals surface area contributed by atoms with Crippen molar-refractivity contribution in [1.29, 1.82) is 0 Å². The van der Waals surface area contributed by atoms with Crippen LogP contribution in [0.4, 0.5) is 17.6 Å². The summed E-state index contributed by atoms with van der Waals surface area (Å²) in [6.07, 6.45) is 9.19. The topological polar surface area (TPSA) is 65.9 Å². The SMILES string of the molecule is C(=NNc1cc(N2CCCCC2)nc(N2CCCCC2)n1)c1cccc(OCc2cccc3ccccc23)c1. The zero-order valence-corrected chi connectivity index (χ0v) is 22.4. The standard InChI is InChI=1S/C32H36N6O/c1-5-17-37(18-6-1)31-22-30(34-32(35-31)38-19-7-2-8-20-38)36-33-23-25-11-9-15-28(21-25)39-24-27-14-10-13-26-12-3-4-16-29(26)27/h3-4,9-16,21-23H,1-2,5-8,17-20,24H2,(H,34,35,36). The number of hydrogen-bond acceptors (Lipinski definition) is 7. The fourth-order valence-electron chi connectivity index (χ4n) is 5.44. The van der Waals surface area contributed by atoms with Crippen LogP contribution in [0, 0.1) is 0 Å². The van der Waals surface area contributed by atoms with E-state index < -0.39 is 0 Å². The molecule has 1 N–H and O–H groups in total. The predicted octanol–water partition coefficient (Wildman–Crippen LogP) is 6.64. The van der Waals surface area contributed by atoms with E-state index >= 15 is 0 Å². The Kier molecular flexibility index (Phi) is 7.84. The van der Waals surface area contributed by atoms with Gasteiger partial charge in [0.1, 0.15) is 18.2 Å². The van der Waals surface area contributed by atoms with Gasteiger partial charge in [0, 0.05) is 32.2 Å². The first-order valence-electron chi connectivity index (χ1n) is 14.2. The molecule has 0 unspecified atom stereocenters. The van der Waals surface area contributed by atoms with Gasteiger partial charge in [-0.2, -0.15) is 15.1 Å². The average molecular weight is 521 g/mol. The van der Waals surface area contributed by atoms with Gasteiger partial charge in [0.15, 0.2) is 5.82 Å². The Hall–Kier alpha value is -4.13. The molecule has 2 fully saturated rings. The van der Waals surface area contributed by atoms with E-state index in [-0.39, 0.29) is 0 Å². The van der Waals surface area contributed by atoms with Crippen molar-refractivity contribution in [2.45, 2.75) is 45.1 Å². The van der Waals surface area contributed by atoms with Gasteiger partial charge in [-0.1, -0.05) is 54.6 Å². The van der Waals surface area contributed by atoms with Crippen molar-refractivity contribution >= 4 is 34.6 Å². The molecule has 0 aliphatic carbocycles. The van der Waals surface area contributed by atoms with E-state index in [0.29, 0.717) is 6.61 Å². The third-order valence-corrected chi connectivity index (χ3v) is 7.54. The number of hydrogen-bond donors (Lipinski definition) is 1. The van der Waals surface area contributed by atoms with Gasteiger partial charge in [0.25, 0.3) is 0 Å². The normalized spacial score (nSPS) is 16.1. The van der Waals surface area contributed by atoms with Gasteiger partial charge in [-0.3, -0.25) is 5.43 Å². The van der Waals surface area contributed by atoms with E-state index in [4.69, 9.17) is 14.7 Å². The Morgan fingerprint density at radius 1 is 0.769 bits per heavy atom. The Morgan fingerprint density at radius 3 is 2.36 bits per heavy atom. The van der Waals surface area contributed by atoms with Gasteiger partial charge in [-0.15, -0.1) is 0 Å². The second-order valence-electron chi connectivity index (χ2n) is 10.4. The van der Waals surface area contributed by atoms with E-state index in [9.17, 15) is 0 Å². The Bertz CT molecular complexity index is 1380.